The maximum Gasteiger partial charge on any atom is 0.274 e. The molecule has 0 saturated heterocycles. The molecule has 1 aromatic carbocycles. The van der Waals surface area contributed by atoms with Crippen molar-refractivity contribution in [1.82, 2.24) is 5.43 Å². The first-order valence-corrected chi connectivity index (χ1v) is 10.2. The molecule has 0 spiro atoms. The van der Waals surface area contributed by atoms with Crippen molar-refractivity contribution in [2.45, 2.75) is 46.0 Å². The van der Waals surface area contributed by atoms with E-state index in [1.54, 1.807) is 13.8 Å². The third kappa shape index (κ3) is 4.86. The van der Waals surface area contributed by atoms with Crippen molar-refractivity contribution >= 4 is 39.6 Å². The third-order valence-corrected chi connectivity index (χ3v) is 5.80. The van der Waals surface area contributed by atoms with Gasteiger partial charge in [0.15, 0.2) is 0 Å². The highest BCUT2D eigenvalue weighted by Gasteiger charge is 2.26. The Hall–Kier alpha value is -3.07. The van der Waals surface area contributed by atoms with E-state index in [-0.39, 0.29) is 17.2 Å². The van der Waals surface area contributed by atoms with Gasteiger partial charge in [0.1, 0.15) is 5.00 Å². The monoisotopic (exact) mass is 414 g/mol. The van der Waals surface area contributed by atoms with Gasteiger partial charge in [-0.3, -0.25) is 19.7 Å². The zero-order chi connectivity index (χ0) is 21.0. The Bertz CT molecular complexity index is 975. The van der Waals surface area contributed by atoms with Gasteiger partial charge in [0.2, 0.25) is 0 Å². The summed E-state index contributed by atoms with van der Waals surface area (Å²) in [7, 11) is 0. The van der Waals surface area contributed by atoms with Crippen molar-refractivity contribution in [2.75, 3.05) is 5.32 Å². The van der Waals surface area contributed by atoms with Crippen molar-refractivity contribution in [3.05, 3.63) is 55.9 Å². The number of nitrogens with one attached hydrogen (secondary N) is 2. The van der Waals surface area contributed by atoms with Crippen molar-refractivity contribution in [2.24, 2.45) is 5.10 Å². The molecular weight excluding hydrogens is 392 g/mol. The summed E-state index contributed by atoms with van der Waals surface area (Å²) >= 11 is 1.42. The predicted octanol–water partition coefficient (Wildman–Crippen LogP) is 4.30. The molecule has 0 bridgehead atoms. The van der Waals surface area contributed by atoms with E-state index in [1.807, 2.05) is 0 Å². The smallest absolute Gasteiger partial charge is 0.274 e. The number of nitro groups is 1. The van der Waals surface area contributed by atoms with Crippen LogP contribution in [0.25, 0.3) is 0 Å². The normalized spacial score (nSPS) is 13.0. The number of rotatable bonds is 5. The topological polar surface area (TPSA) is 114 Å². The number of hydrazone groups is 1. The fraction of sp³-hybridized carbons (Fsp3) is 0.350. The van der Waals surface area contributed by atoms with E-state index < -0.39 is 10.8 Å². The van der Waals surface area contributed by atoms with Crippen LogP contribution >= 0.6 is 11.3 Å². The second-order valence-electron chi connectivity index (χ2n) is 7.03. The molecule has 0 atom stereocenters. The highest BCUT2D eigenvalue weighted by atomic mass is 32.1. The quantitative estimate of drug-likeness (QED) is 0.328. The average molecular weight is 414 g/mol. The molecule has 2 N–H and O–H groups in total. The number of non-ortho nitro benzene ring substituents is 1. The number of amides is 2. The van der Waals surface area contributed by atoms with E-state index >= 15 is 0 Å². The molecule has 29 heavy (non-hydrogen) atoms. The molecule has 2 amide bonds. The van der Waals surface area contributed by atoms with Crippen LogP contribution in [0.3, 0.4) is 0 Å². The second kappa shape index (κ2) is 8.95. The van der Waals surface area contributed by atoms with Crippen molar-refractivity contribution in [3.8, 4) is 0 Å². The number of nitrogens with zero attached hydrogens (tertiary/aromatic N) is 2. The minimum Gasteiger partial charge on any atom is -0.313 e. The number of carbonyl (C=O) groups excluding carboxylic acids is 2. The third-order valence-electron chi connectivity index (χ3n) is 4.60. The maximum atomic E-state index is 12.8. The molecule has 1 aromatic heterocycles. The summed E-state index contributed by atoms with van der Waals surface area (Å²) in [4.78, 5) is 36.9. The van der Waals surface area contributed by atoms with Crippen LogP contribution in [0.1, 0.15) is 64.3 Å². The number of nitro benzene ring substituents is 1. The molecule has 2 aromatic rings. The van der Waals surface area contributed by atoms with Gasteiger partial charge in [-0.05, 0) is 57.2 Å². The number of thiophene rings is 1. The van der Waals surface area contributed by atoms with Crippen LogP contribution in [-0.4, -0.2) is 22.4 Å². The van der Waals surface area contributed by atoms with Crippen molar-refractivity contribution < 1.29 is 14.5 Å². The van der Waals surface area contributed by atoms with Crippen LogP contribution in [0.2, 0.25) is 0 Å². The maximum absolute atomic E-state index is 12.8. The molecule has 1 heterocycles. The molecule has 0 unspecified atom stereocenters. The fourth-order valence-electron chi connectivity index (χ4n) is 3.20. The number of hydrogen-bond acceptors (Lipinski definition) is 6. The van der Waals surface area contributed by atoms with Gasteiger partial charge in [-0.1, -0.05) is 6.42 Å². The summed E-state index contributed by atoms with van der Waals surface area (Å²) in [6.07, 6.45) is 4.83. The molecular formula is C20H22N4O4S. The first kappa shape index (κ1) is 20.7. The second-order valence-corrected chi connectivity index (χ2v) is 8.13. The summed E-state index contributed by atoms with van der Waals surface area (Å²) in [5.41, 5.74) is 4.92. The van der Waals surface area contributed by atoms with Gasteiger partial charge < -0.3 is 5.32 Å². The van der Waals surface area contributed by atoms with Crippen LogP contribution in [0.4, 0.5) is 10.7 Å². The molecule has 3 rings (SSSR count). The predicted molar refractivity (Wildman–Crippen MR) is 113 cm³/mol. The molecule has 152 valence electrons. The van der Waals surface area contributed by atoms with Gasteiger partial charge in [-0.2, -0.15) is 5.10 Å². The summed E-state index contributed by atoms with van der Waals surface area (Å²) in [5, 5.41) is 18.1. The summed E-state index contributed by atoms with van der Waals surface area (Å²) in [6.45, 7) is 3.57. The van der Waals surface area contributed by atoms with Gasteiger partial charge in [0.05, 0.1) is 10.5 Å². The first-order chi connectivity index (χ1) is 13.9. The lowest BCUT2D eigenvalue weighted by molar-refractivity contribution is -0.384. The fourth-order valence-corrected chi connectivity index (χ4v) is 4.48. The Morgan fingerprint density at radius 3 is 2.41 bits per heavy atom. The van der Waals surface area contributed by atoms with Gasteiger partial charge in [-0.25, -0.2) is 5.43 Å². The summed E-state index contributed by atoms with van der Waals surface area (Å²) in [5.74, 6) is -0.759. The van der Waals surface area contributed by atoms with Crippen LogP contribution in [0, 0.1) is 10.1 Å². The molecule has 8 nitrogen and oxygen atoms in total. The largest absolute Gasteiger partial charge is 0.313 e. The Labute approximate surface area is 172 Å². The van der Waals surface area contributed by atoms with E-state index in [9.17, 15) is 19.7 Å². The number of carbonyl (C=O) groups is 2. The highest BCUT2D eigenvalue weighted by molar-refractivity contribution is 7.17. The van der Waals surface area contributed by atoms with E-state index in [1.165, 1.54) is 35.6 Å². The van der Waals surface area contributed by atoms with Gasteiger partial charge >= 0.3 is 0 Å². The van der Waals surface area contributed by atoms with Gasteiger partial charge in [0.25, 0.3) is 17.5 Å². The lowest BCUT2D eigenvalue weighted by atomic mass is 10.0. The summed E-state index contributed by atoms with van der Waals surface area (Å²) < 4.78 is 0. The number of hydrogen-bond donors (Lipinski definition) is 2. The first-order valence-electron chi connectivity index (χ1n) is 9.38. The van der Waals surface area contributed by atoms with Crippen LogP contribution < -0.4 is 10.7 Å². The highest BCUT2D eigenvalue weighted by Crippen LogP contribution is 2.37. The van der Waals surface area contributed by atoms with Gasteiger partial charge in [-0.15, -0.1) is 11.3 Å². The lowest BCUT2D eigenvalue weighted by Crippen LogP contribution is -2.22. The average Bonchev–Trinajstić information content (AvgIpc) is 2.86. The zero-order valence-electron chi connectivity index (χ0n) is 16.3. The number of aryl methyl sites for hydroxylation is 1. The standard InChI is InChI=1S/C20H22N4O4S/c1-12(2)22-23-19(26)17-15-6-4-3-5-7-16(15)29-20(17)21-18(25)13-8-10-14(11-9-13)24(27)28/h8-11H,3-7H2,1-2H3,(H,21,25)(H,23,26). The van der Waals surface area contributed by atoms with Crippen molar-refractivity contribution in [3.63, 3.8) is 0 Å². The van der Waals surface area contributed by atoms with Crippen LogP contribution in [-0.2, 0) is 12.8 Å². The number of anilines is 1. The zero-order valence-corrected chi connectivity index (χ0v) is 17.1. The van der Waals surface area contributed by atoms with Crippen LogP contribution in [0.5, 0.6) is 0 Å². The van der Waals surface area contributed by atoms with Crippen molar-refractivity contribution in [1.29, 1.82) is 0 Å². The Morgan fingerprint density at radius 2 is 1.76 bits per heavy atom. The molecule has 1 aliphatic rings. The number of fused-ring (bicyclic) bond motifs is 1. The molecule has 9 heteroatoms. The lowest BCUT2D eigenvalue weighted by Gasteiger charge is -2.08. The van der Waals surface area contributed by atoms with Gasteiger partial charge in [0, 0.05) is 28.3 Å². The van der Waals surface area contributed by atoms with E-state index in [0.717, 1.165) is 48.3 Å². The Morgan fingerprint density at radius 1 is 1.07 bits per heavy atom. The summed E-state index contributed by atoms with van der Waals surface area (Å²) in [6, 6.07) is 5.36. The number of benzene rings is 1. The Balaban J connectivity index is 1.91. The molecule has 0 fully saturated rings. The SMILES string of the molecule is CC(C)=NNC(=O)c1c(NC(=O)c2ccc([N+](=O)[O-])cc2)sc2c1CCCCC2. The molecule has 0 radical (unpaired) electrons. The molecule has 1 aliphatic carbocycles. The van der Waals surface area contributed by atoms with E-state index in [2.05, 4.69) is 15.8 Å². The van der Waals surface area contributed by atoms with E-state index in [0.29, 0.717) is 10.6 Å². The molecule has 0 aliphatic heterocycles. The van der Waals surface area contributed by atoms with Crippen LogP contribution in [0.15, 0.2) is 29.4 Å². The minimum atomic E-state index is -0.517. The molecule has 0 saturated carbocycles. The minimum absolute atomic E-state index is 0.0859. The van der Waals surface area contributed by atoms with E-state index in [4.69, 9.17) is 0 Å². The Kier molecular flexibility index (Phi) is 6.38.